The number of quaternary nitrogens is 1. The minimum Gasteiger partial charge on any atom is -0.493 e. The van der Waals surface area contributed by atoms with Crippen molar-refractivity contribution >= 4 is 16.3 Å². The second kappa shape index (κ2) is 7.67. The molecule has 0 amide bonds. The average molecular weight is 360 g/mol. The van der Waals surface area contributed by atoms with E-state index in [1.165, 1.54) is 16.2 Å². The molecule has 3 aromatic rings. The van der Waals surface area contributed by atoms with Gasteiger partial charge in [0.2, 0.25) is 0 Å². The van der Waals surface area contributed by atoms with E-state index in [0.717, 1.165) is 34.3 Å². The molecule has 6 nitrogen and oxygen atoms in total. The molecule has 1 N–H and O–H groups in total. The largest absolute Gasteiger partial charge is 0.493 e. The van der Waals surface area contributed by atoms with Crippen molar-refractivity contribution in [3.63, 3.8) is 0 Å². The number of nitrogens with one attached hydrogen (secondary N) is 1. The predicted octanol–water partition coefficient (Wildman–Crippen LogP) is 1.38. The Morgan fingerprint density at radius 3 is 2.84 bits per heavy atom. The van der Waals surface area contributed by atoms with Crippen molar-refractivity contribution in [3.8, 4) is 11.5 Å². The van der Waals surface area contributed by atoms with E-state index < -0.39 is 0 Å². The first-order valence-electron chi connectivity index (χ1n) is 8.17. The van der Waals surface area contributed by atoms with Gasteiger partial charge in [-0.1, -0.05) is 0 Å². The van der Waals surface area contributed by atoms with E-state index in [1.54, 1.807) is 23.8 Å². The monoisotopic (exact) mass is 360 g/mol. The Morgan fingerprint density at radius 2 is 2.08 bits per heavy atom. The third kappa shape index (κ3) is 4.00. The van der Waals surface area contributed by atoms with Crippen LogP contribution in [0.5, 0.6) is 11.5 Å². The number of ether oxygens (including phenoxy) is 2. The molecule has 132 valence electrons. The zero-order chi connectivity index (χ0) is 17.8. The molecule has 2 aromatic heterocycles. The third-order valence-corrected chi connectivity index (χ3v) is 4.63. The van der Waals surface area contributed by atoms with Crippen molar-refractivity contribution in [1.29, 1.82) is 0 Å². The highest BCUT2D eigenvalue weighted by molar-refractivity contribution is 7.15. The Morgan fingerprint density at radius 1 is 1.24 bits per heavy atom. The summed E-state index contributed by atoms with van der Waals surface area (Å²) in [7, 11) is 3.73. The van der Waals surface area contributed by atoms with Crippen LogP contribution in [0.4, 0.5) is 0 Å². The maximum atomic E-state index is 12.1. The molecule has 0 aliphatic rings. The second-order valence-electron chi connectivity index (χ2n) is 5.87. The lowest BCUT2D eigenvalue weighted by atomic mass is 10.2. The van der Waals surface area contributed by atoms with Crippen LogP contribution in [0.25, 0.3) is 4.96 Å². The molecule has 1 atom stereocenters. The molecular weight excluding hydrogens is 338 g/mol. The molecule has 0 aliphatic heterocycles. The number of aromatic nitrogens is 2. The lowest BCUT2D eigenvalue weighted by molar-refractivity contribution is -0.908. The summed E-state index contributed by atoms with van der Waals surface area (Å²) in [6.07, 6.45) is 1.75. The van der Waals surface area contributed by atoms with Gasteiger partial charge in [0.25, 0.3) is 5.56 Å². The zero-order valence-electron chi connectivity index (χ0n) is 14.6. The van der Waals surface area contributed by atoms with Gasteiger partial charge in [-0.05, 0) is 25.1 Å². The number of hydrogen-bond donors (Lipinski definition) is 1. The molecule has 0 saturated carbocycles. The first-order chi connectivity index (χ1) is 12.1. The smallest absolute Gasteiger partial charge is 0.258 e. The fraction of sp³-hybridized carbons (Fsp3) is 0.333. The molecule has 2 heterocycles. The van der Waals surface area contributed by atoms with Gasteiger partial charge < -0.3 is 14.4 Å². The van der Waals surface area contributed by atoms with E-state index >= 15 is 0 Å². The molecule has 3 rings (SSSR count). The van der Waals surface area contributed by atoms with Crippen molar-refractivity contribution in [2.24, 2.45) is 0 Å². The SMILES string of the molecule is CCOc1ccc(C[NH+](C)Cc2cc(=O)n3ccsc3n2)cc1OC. The van der Waals surface area contributed by atoms with E-state index in [0.29, 0.717) is 13.2 Å². The van der Waals surface area contributed by atoms with Gasteiger partial charge in [0.15, 0.2) is 16.5 Å². The highest BCUT2D eigenvalue weighted by Crippen LogP contribution is 2.27. The van der Waals surface area contributed by atoms with Crippen LogP contribution in [0, 0.1) is 0 Å². The highest BCUT2D eigenvalue weighted by Gasteiger charge is 2.12. The fourth-order valence-corrected chi connectivity index (χ4v) is 3.53. The zero-order valence-corrected chi connectivity index (χ0v) is 15.4. The van der Waals surface area contributed by atoms with Gasteiger partial charge in [-0.25, -0.2) is 4.98 Å². The van der Waals surface area contributed by atoms with Crippen LogP contribution < -0.4 is 19.9 Å². The van der Waals surface area contributed by atoms with Gasteiger partial charge in [-0.2, -0.15) is 0 Å². The lowest BCUT2D eigenvalue weighted by Crippen LogP contribution is -3.06. The number of thiazole rings is 1. The molecule has 7 heteroatoms. The van der Waals surface area contributed by atoms with Gasteiger partial charge in [-0.3, -0.25) is 9.20 Å². The van der Waals surface area contributed by atoms with Crippen LogP contribution in [0.15, 0.2) is 40.6 Å². The van der Waals surface area contributed by atoms with Crippen LogP contribution in [-0.4, -0.2) is 30.1 Å². The Balaban J connectivity index is 1.73. The van der Waals surface area contributed by atoms with Crippen LogP contribution in [0.2, 0.25) is 0 Å². The summed E-state index contributed by atoms with van der Waals surface area (Å²) < 4.78 is 12.5. The van der Waals surface area contributed by atoms with Crippen LogP contribution in [0.1, 0.15) is 18.2 Å². The van der Waals surface area contributed by atoms with E-state index in [9.17, 15) is 4.79 Å². The lowest BCUT2D eigenvalue weighted by Gasteiger charge is -2.15. The third-order valence-electron chi connectivity index (χ3n) is 3.87. The summed E-state index contributed by atoms with van der Waals surface area (Å²) in [5.41, 5.74) is 1.92. The van der Waals surface area contributed by atoms with Crippen LogP contribution in [0.3, 0.4) is 0 Å². The molecule has 0 spiro atoms. The number of fused-ring (bicyclic) bond motifs is 1. The number of methoxy groups -OCH3 is 1. The van der Waals surface area contributed by atoms with Gasteiger partial charge in [0, 0.05) is 23.2 Å². The molecule has 0 fully saturated rings. The normalized spacial score (nSPS) is 12.3. The summed E-state index contributed by atoms with van der Waals surface area (Å²) in [6, 6.07) is 7.59. The van der Waals surface area contributed by atoms with Crippen LogP contribution >= 0.6 is 11.3 Å². The molecule has 0 saturated heterocycles. The van der Waals surface area contributed by atoms with E-state index in [-0.39, 0.29) is 5.56 Å². The van der Waals surface area contributed by atoms with Gasteiger partial charge in [0.05, 0.1) is 20.8 Å². The van der Waals surface area contributed by atoms with Crippen molar-refractivity contribution in [3.05, 3.63) is 57.5 Å². The van der Waals surface area contributed by atoms with E-state index in [2.05, 4.69) is 12.0 Å². The topological polar surface area (TPSA) is 57.3 Å². The maximum absolute atomic E-state index is 12.1. The molecular formula is C18H22N3O3S+. The summed E-state index contributed by atoms with van der Waals surface area (Å²) in [5, 5.41) is 1.87. The molecule has 1 unspecified atom stereocenters. The van der Waals surface area contributed by atoms with Crippen molar-refractivity contribution < 1.29 is 14.4 Å². The van der Waals surface area contributed by atoms with Gasteiger partial charge in [-0.15, -0.1) is 11.3 Å². The summed E-state index contributed by atoms with van der Waals surface area (Å²) in [6.45, 7) is 4.03. The van der Waals surface area contributed by atoms with Crippen molar-refractivity contribution in [2.75, 3.05) is 20.8 Å². The minimum absolute atomic E-state index is 0.0308. The second-order valence-corrected chi connectivity index (χ2v) is 6.74. The average Bonchev–Trinajstić information content (AvgIpc) is 3.05. The summed E-state index contributed by atoms with van der Waals surface area (Å²) in [5.74, 6) is 1.49. The number of benzene rings is 1. The first kappa shape index (κ1) is 17.4. The van der Waals surface area contributed by atoms with E-state index in [1.807, 2.05) is 30.5 Å². The number of hydrogen-bond acceptors (Lipinski definition) is 5. The highest BCUT2D eigenvalue weighted by atomic mass is 32.1. The van der Waals surface area contributed by atoms with Crippen LogP contribution in [-0.2, 0) is 13.1 Å². The molecule has 1 aromatic carbocycles. The molecule has 25 heavy (non-hydrogen) atoms. The standard InChI is InChI=1S/C18H21N3O3S/c1-4-24-15-6-5-13(9-16(15)23-3)11-20(2)12-14-10-17(22)21-7-8-25-18(21)19-14/h5-10H,4,11-12H2,1-3H3/p+1. The summed E-state index contributed by atoms with van der Waals surface area (Å²) >= 11 is 1.47. The first-order valence-corrected chi connectivity index (χ1v) is 9.05. The predicted molar refractivity (Wildman–Crippen MR) is 97.8 cm³/mol. The van der Waals surface area contributed by atoms with Gasteiger partial charge in [0.1, 0.15) is 18.8 Å². The van der Waals surface area contributed by atoms with Crippen molar-refractivity contribution in [2.45, 2.75) is 20.0 Å². The minimum atomic E-state index is -0.0308. The van der Waals surface area contributed by atoms with E-state index in [4.69, 9.17) is 9.47 Å². The molecule has 0 bridgehead atoms. The molecule has 0 aliphatic carbocycles. The Kier molecular flexibility index (Phi) is 5.35. The number of nitrogens with zero attached hydrogens (tertiary/aromatic N) is 2. The Labute approximate surface area is 150 Å². The molecule has 0 radical (unpaired) electrons. The maximum Gasteiger partial charge on any atom is 0.258 e. The fourth-order valence-electron chi connectivity index (χ4n) is 2.80. The Hall–Kier alpha value is -2.38. The Bertz CT molecular complexity index is 919. The van der Waals surface area contributed by atoms with Crippen molar-refractivity contribution in [1.82, 2.24) is 9.38 Å². The quantitative estimate of drug-likeness (QED) is 0.692. The van der Waals surface area contributed by atoms with Gasteiger partial charge >= 0.3 is 0 Å². The number of rotatable bonds is 7. The summed E-state index contributed by atoms with van der Waals surface area (Å²) in [4.78, 5) is 18.6.